The summed E-state index contributed by atoms with van der Waals surface area (Å²) >= 11 is 0. The third-order valence-electron chi connectivity index (χ3n) is 14.3. The molecule has 35 heavy (non-hydrogen) atoms. The highest BCUT2D eigenvalue weighted by Gasteiger charge is 2.80. The van der Waals surface area contributed by atoms with Gasteiger partial charge in [-0.05, 0) is 112 Å². The summed E-state index contributed by atoms with van der Waals surface area (Å²) in [6.45, 7) is 13.5. The molecular weight excluding hydrogens is 440 g/mol. The van der Waals surface area contributed by atoms with Gasteiger partial charge in [0.1, 0.15) is 11.0 Å². The van der Waals surface area contributed by atoms with Gasteiger partial charge < -0.3 is 20.1 Å². The van der Waals surface area contributed by atoms with Gasteiger partial charge in [-0.2, -0.15) is 0 Å². The van der Waals surface area contributed by atoms with Crippen LogP contribution in [0.4, 0.5) is 0 Å². The fourth-order valence-electron chi connectivity index (χ4n) is 12.4. The number of carbonyl (C=O) groups is 1. The molecule has 5 aliphatic carbocycles. The summed E-state index contributed by atoms with van der Waals surface area (Å²) in [6.07, 6.45) is 8.68. The minimum absolute atomic E-state index is 0.0149. The molecular formula is C30H48O5. The molecule has 11 atom stereocenters. The molecule has 1 saturated heterocycles. The van der Waals surface area contributed by atoms with Crippen molar-refractivity contribution in [2.45, 2.75) is 123 Å². The second kappa shape index (κ2) is 6.86. The maximum absolute atomic E-state index is 13.9. The number of ether oxygens (including phenoxy) is 1. The first kappa shape index (κ1) is 24.7. The zero-order valence-corrected chi connectivity index (χ0v) is 22.8. The van der Waals surface area contributed by atoms with Gasteiger partial charge in [-0.1, -0.05) is 27.7 Å². The van der Waals surface area contributed by atoms with Gasteiger partial charge in [-0.15, -0.1) is 0 Å². The van der Waals surface area contributed by atoms with Crippen LogP contribution in [-0.2, 0) is 9.53 Å². The van der Waals surface area contributed by atoms with Crippen molar-refractivity contribution in [2.75, 3.05) is 6.61 Å². The maximum Gasteiger partial charge on any atom is 0.315 e. The number of hydrogen-bond acceptors (Lipinski definition) is 5. The lowest BCUT2D eigenvalue weighted by Gasteiger charge is -2.74. The Morgan fingerprint density at radius 1 is 0.771 bits per heavy atom. The van der Waals surface area contributed by atoms with Gasteiger partial charge in [0.2, 0.25) is 0 Å². The summed E-state index contributed by atoms with van der Waals surface area (Å²) in [4.78, 5) is 13.9. The Bertz CT molecular complexity index is 947. The van der Waals surface area contributed by atoms with Crippen LogP contribution < -0.4 is 0 Å². The molecule has 3 N–H and O–H groups in total. The quantitative estimate of drug-likeness (QED) is 0.459. The van der Waals surface area contributed by atoms with Crippen LogP contribution in [0.1, 0.15) is 106 Å². The first-order valence-electron chi connectivity index (χ1n) is 14.4. The van der Waals surface area contributed by atoms with Crippen molar-refractivity contribution in [3.63, 3.8) is 0 Å². The summed E-state index contributed by atoms with van der Waals surface area (Å²) in [5.41, 5.74) is -2.70. The van der Waals surface area contributed by atoms with Crippen LogP contribution in [0.15, 0.2) is 0 Å². The zero-order chi connectivity index (χ0) is 25.4. The SMILES string of the molecule is CC1(C)OC(=O)[C@]23CC[C@H]1[C@]2(O)CC[C@]1(C)[C@@H]3CC[C@@H]2[C@@]3(C)CC[C@H](O)[C@](C)(CO)C3CC[C@]21C. The number of hydrogen-bond donors (Lipinski definition) is 3. The third kappa shape index (κ3) is 2.46. The van der Waals surface area contributed by atoms with E-state index in [1.807, 2.05) is 13.8 Å². The highest BCUT2D eigenvalue weighted by molar-refractivity contribution is 5.82. The smallest absolute Gasteiger partial charge is 0.315 e. The van der Waals surface area contributed by atoms with E-state index in [2.05, 4.69) is 27.7 Å². The summed E-state index contributed by atoms with van der Waals surface area (Å²) in [5.74, 6) is 0.815. The molecule has 6 aliphatic rings. The molecule has 0 aromatic heterocycles. The number of rotatable bonds is 1. The Hall–Kier alpha value is -0.650. The average molecular weight is 489 g/mol. The van der Waals surface area contributed by atoms with E-state index in [0.717, 1.165) is 57.8 Å². The molecule has 1 unspecified atom stereocenters. The molecule has 1 aliphatic heterocycles. The molecule has 0 amide bonds. The lowest BCUT2D eigenvalue weighted by atomic mass is 9.31. The van der Waals surface area contributed by atoms with Crippen LogP contribution in [0.3, 0.4) is 0 Å². The number of aliphatic hydroxyl groups excluding tert-OH is 2. The minimum Gasteiger partial charge on any atom is -0.459 e. The predicted octanol–water partition coefficient (Wildman–Crippen LogP) is 4.85. The van der Waals surface area contributed by atoms with Crippen LogP contribution in [0.5, 0.6) is 0 Å². The molecule has 0 aromatic carbocycles. The van der Waals surface area contributed by atoms with Gasteiger partial charge in [0.25, 0.3) is 0 Å². The molecule has 1 heterocycles. The number of fused-ring (bicyclic) bond motifs is 5. The largest absolute Gasteiger partial charge is 0.459 e. The molecule has 198 valence electrons. The molecule has 6 rings (SSSR count). The summed E-state index contributed by atoms with van der Waals surface area (Å²) in [6, 6.07) is 0. The van der Waals surface area contributed by atoms with Gasteiger partial charge >= 0.3 is 5.97 Å². The van der Waals surface area contributed by atoms with Crippen LogP contribution in [0, 0.1) is 50.7 Å². The summed E-state index contributed by atoms with van der Waals surface area (Å²) in [5, 5.41) is 33.7. The highest BCUT2D eigenvalue weighted by atomic mass is 16.6. The fourth-order valence-corrected chi connectivity index (χ4v) is 12.4. The van der Waals surface area contributed by atoms with Crippen molar-refractivity contribution in [3.8, 4) is 0 Å². The topological polar surface area (TPSA) is 87.0 Å². The van der Waals surface area contributed by atoms with E-state index in [9.17, 15) is 20.1 Å². The predicted molar refractivity (Wildman–Crippen MR) is 133 cm³/mol. The van der Waals surface area contributed by atoms with Crippen LogP contribution in [0.25, 0.3) is 0 Å². The van der Waals surface area contributed by atoms with E-state index < -0.39 is 28.1 Å². The zero-order valence-electron chi connectivity index (χ0n) is 22.8. The average Bonchev–Trinajstić information content (AvgIpc) is 3.06. The molecule has 0 spiro atoms. The standard InChI is InChI=1S/C30H48O5/c1-24(2)18-10-14-29(23(33)35-24)21-8-7-20-25(3)12-11-22(32)26(4,17-31)19(25)9-13-27(20,5)28(21,6)15-16-30(18,29)34/h18-22,31-32,34H,7-17H2,1-6H3/t18-,19?,20-,21+,22+,25+,26-,27-,28-,29-,30-/m1/s1. The molecule has 0 aromatic rings. The molecule has 5 nitrogen and oxygen atoms in total. The Kier molecular flexibility index (Phi) is 4.83. The summed E-state index contributed by atoms with van der Waals surface area (Å²) < 4.78 is 6.15. The first-order chi connectivity index (χ1) is 16.2. The van der Waals surface area contributed by atoms with Crippen LogP contribution in [-0.4, -0.2) is 45.2 Å². The lowest BCUT2D eigenvalue weighted by Crippen LogP contribution is -2.74. The molecule has 5 heteroatoms. The second-order valence-corrected chi connectivity index (χ2v) is 15.3. The maximum atomic E-state index is 13.9. The van der Waals surface area contributed by atoms with Crippen molar-refractivity contribution in [1.82, 2.24) is 0 Å². The number of carbonyl (C=O) groups excluding carboxylic acids is 1. The molecule has 5 saturated carbocycles. The third-order valence-corrected chi connectivity index (χ3v) is 14.3. The lowest BCUT2D eigenvalue weighted by molar-refractivity contribution is -0.303. The van der Waals surface area contributed by atoms with Gasteiger partial charge in [-0.25, -0.2) is 0 Å². The normalized spacial score (nSPS) is 60.6. The Labute approximate surface area is 211 Å². The van der Waals surface area contributed by atoms with E-state index in [4.69, 9.17) is 4.74 Å². The van der Waals surface area contributed by atoms with Gasteiger partial charge in [-0.3, -0.25) is 4.79 Å². The van der Waals surface area contributed by atoms with Gasteiger partial charge in [0, 0.05) is 11.3 Å². The summed E-state index contributed by atoms with van der Waals surface area (Å²) in [7, 11) is 0. The van der Waals surface area contributed by atoms with Gasteiger partial charge in [0.05, 0.1) is 18.3 Å². The van der Waals surface area contributed by atoms with Gasteiger partial charge in [0.15, 0.2) is 0 Å². The number of aliphatic hydroxyl groups is 3. The van der Waals surface area contributed by atoms with Crippen molar-refractivity contribution in [1.29, 1.82) is 0 Å². The van der Waals surface area contributed by atoms with E-state index in [1.165, 1.54) is 0 Å². The van der Waals surface area contributed by atoms with E-state index in [1.54, 1.807) is 0 Å². The van der Waals surface area contributed by atoms with Crippen molar-refractivity contribution < 1.29 is 24.9 Å². The highest BCUT2D eigenvalue weighted by Crippen LogP contribution is 2.79. The van der Waals surface area contributed by atoms with Crippen LogP contribution in [0.2, 0.25) is 0 Å². The van der Waals surface area contributed by atoms with E-state index in [-0.39, 0.29) is 40.7 Å². The fraction of sp³-hybridized carbons (Fsp3) is 0.967. The molecule has 6 fully saturated rings. The van der Waals surface area contributed by atoms with Crippen molar-refractivity contribution in [2.24, 2.45) is 50.7 Å². The Morgan fingerprint density at radius 3 is 2.09 bits per heavy atom. The number of cyclic esters (lactones) is 1. The minimum atomic E-state index is -0.954. The van der Waals surface area contributed by atoms with Crippen molar-refractivity contribution >= 4 is 5.97 Å². The van der Waals surface area contributed by atoms with E-state index >= 15 is 0 Å². The first-order valence-corrected chi connectivity index (χ1v) is 14.4. The molecule has 0 radical (unpaired) electrons. The Balaban J connectivity index is 1.43. The number of esters is 1. The molecule has 2 bridgehead atoms. The van der Waals surface area contributed by atoms with E-state index in [0.29, 0.717) is 18.3 Å². The second-order valence-electron chi connectivity index (χ2n) is 15.3. The Morgan fingerprint density at radius 2 is 1.40 bits per heavy atom. The van der Waals surface area contributed by atoms with Crippen LogP contribution >= 0.6 is 0 Å². The monoisotopic (exact) mass is 488 g/mol. The van der Waals surface area contributed by atoms with Crippen molar-refractivity contribution in [3.05, 3.63) is 0 Å².